The Hall–Kier alpha value is -1.26. The van der Waals surface area contributed by atoms with Crippen molar-refractivity contribution in [1.29, 1.82) is 0 Å². The molecule has 0 aliphatic carbocycles. The van der Waals surface area contributed by atoms with Crippen LogP contribution in [0.2, 0.25) is 0 Å². The summed E-state index contributed by atoms with van der Waals surface area (Å²) in [5.41, 5.74) is 1.07. The molecule has 1 aromatic rings. The standard InChI is InChI=1S/C15H25NO3/c1-5-12(8-9-17)16-11(2)14-10-13(18-3)6-7-15(14)19-4/h6-7,10-12,16-17H,5,8-9H2,1-4H3. The Bertz CT molecular complexity index is 382. The molecule has 0 spiro atoms. The fraction of sp³-hybridized carbons (Fsp3) is 0.600. The zero-order valence-corrected chi connectivity index (χ0v) is 12.3. The molecule has 0 heterocycles. The number of aliphatic hydroxyl groups excluding tert-OH is 1. The average Bonchev–Trinajstić information content (AvgIpc) is 2.45. The van der Waals surface area contributed by atoms with Crippen molar-refractivity contribution >= 4 is 0 Å². The Morgan fingerprint density at radius 3 is 2.53 bits per heavy atom. The second kappa shape index (κ2) is 8.02. The number of benzene rings is 1. The van der Waals surface area contributed by atoms with Crippen LogP contribution in [0.5, 0.6) is 11.5 Å². The summed E-state index contributed by atoms with van der Waals surface area (Å²) in [4.78, 5) is 0. The summed E-state index contributed by atoms with van der Waals surface area (Å²) >= 11 is 0. The van der Waals surface area contributed by atoms with Gasteiger partial charge in [0.2, 0.25) is 0 Å². The fourth-order valence-corrected chi connectivity index (χ4v) is 2.18. The van der Waals surface area contributed by atoms with E-state index in [1.807, 2.05) is 18.2 Å². The molecule has 0 fully saturated rings. The molecule has 19 heavy (non-hydrogen) atoms. The molecule has 4 nitrogen and oxygen atoms in total. The fourth-order valence-electron chi connectivity index (χ4n) is 2.18. The minimum Gasteiger partial charge on any atom is -0.497 e. The highest BCUT2D eigenvalue weighted by Gasteiger charge is 2.16. The predicted octanol–water partition coefficient (Wildman–Crippen LogP) is 2.52. The van der Waals surface area contributed by atoms with Gasteiger partial charge in [0.25, 0.3) is 0 Å². The Labute approximate surface area is 115 Å². The van der Waals surface area contributed by atoms with Crippen LogP contribution in [-0.2, 0) is 0 Å². The normalized spacial score (nSPS) is 13.9. The molecule has 1 aromatic carbocycles. The van der Waals surface area contributed by atoms with Crippen molar-refractivity contribution in [3.63, 3.8) is 0 Å². The minimum absolute atomic E-state index is 0.140. The molecule has 0 saturated carbocycles. The molecule has 0 amide bonds. The summed E-state index contributed by atoms with van der Waals surface area (Å²) in [7, 11) is 3.33. The number of nitrogens with one attached hydrogen (secondary N) is 1. The summed E-state index contributed by atoms with van der Waals surface area (Å²) in [6, 6.07) is 6.24. The molecule has 0 aromatic heterocycles. The number of hydrogen-bond acceptors (Lipinski definition) is 4. The predicted molar refractivity (Wildman–Crippen MR) is 76.9 cm³/mol. The maximum atomic E-state index is 9.05. The Kier molecular flexibility index (Phi) is 6.67. The summed E-state index contributed by atoms with van der Waals surface area (Å²) in [6.45, 7) is 4.41. The van der Waals surface area contributed by atoms with Gasteiger partial charge in [-0.05, 0) is 38.0 Å². The van der Waals surface area contributed by atoms with Crippen LogP contribution in [0.25, 0.3) is 0 Å². The number of rotatable bonds is 8. The van der Waals surface area contributed by atoms with Gasteiger partial charge >= 0.3 is 0 Å². The maximum absolute atomic E-state index is 9.05. The Balaban J connectivity index is 2.87. The second-order valence-electron chi connectivity index (χ2n) is 4.61. The van der Waals surface area contributed by atoms with E-state index >= 15 is 0 Å². The second-order valence-corrected chi connectivity index (χ2v) is 4.61. The summed E-state index contributed by atoms with van der Waals surface area (Å²) < 4.78 is 10.7. The lowest BCUT2D eigenvalue weighted by Gasteiger charge is -2.23. The van der Waals surface area contributed by atoms with Crippen LogP contribution in [0.1, 0.15) is 38.3 Å². The van der Waals surface area contributed by atoms with Gasteiger partial charge in [0.05, 0.1) is 14.2 Å². The van der Waals surface area contributed by atoms with Crippen molar-refractivity contribution in [3.8, 4) is 11.5 Å². The van der Waals surface area contributed by atoms with Crippen molar-refractivity contribution in [3.05, 3.63) is 23.8 Å². The van der Waals surface area contributed by atoms with Crippen LogP contribution in [0.15, 0.2) is 18.2 Å². The van der Waals surface area contributed by atoms with Crippen LogP contribution in [0.3, 0.4) is 0 Å². The lowest BCUT2D eigenvalue weighted by Crippen LogP contribution is -2.32. The molecule has 0 bridgehead atoms. The topological polar surface area (TPSA) is 50.7 Å². The van der Waals surface area contributed by atoms with Crippen molar-refractivity contribution < 1.29 is 14.6 Å². The van der Waals surface area contributed by atoms with E-state index in [1.165, 1.54) is 0 Å². The maximum Gasteiger partial charge on any atom is 0.123 e. The molecule has 0 aliphatic rings. The van der Waals surface area contributed by atoms with Gasteiger partial charge in [-0.2, -0.15) is 0 Å². The summed E-state index contributed by atoms with van der Waals surface area (Å²) in [5.74, 6) is 1.67. The van der Waals surface area contributed by atoms with Gasteiger partial charge in [-0.15, -0.1) is 0 Å². The van der Waals surface area contributed by atoms with Crippen LogP contribution >= 0.6 is 0 Å². The molecule has 0 radical (unpaired) electrons. The molecule has 2 atom stereocenters. The van der Waals surface area contributed by atoms with E-state index < -0.39 is 0 Å². The van der Waals surface area contributed by atoms with Gasteiger partial charge in [0.15, 0.2) is 0 Å². The number of ether oxygens (including phenoxy) is 2. The highest BCUT2D eigenvalue weighted by atomic mass is 16.5. The molecule has 0 aliphatic heterocycles. The summed E-state index contributed by atoms with van der Waals surface area (Å²) in [6.07, 6.45) is 1.74. The molecule has 108 valence electrons. The van der Waals surface area contributed by atoms with Crippen LogP contribution in [-0.4, -0.2) is 32.0 Å². The SMILES string of the molecule is CCC(CCO)NC(C)c1cc(OC)ccc1OC. The van der Waals surface area contributed by atoms with E-state index in [0.717, 1.165) is 29.9 Å². The van der Waals surface area contributed by atoms with Crippen LogP contribution in [0, 0.1) is 0 Å². The highest BCUT2D eigenvalue weighted by Crippen LogP contribution is 2.29. The smallest absolute Gasteiger partial charge is 0.123 e. The highest BCUT2D eigenvalue weighted by molar-refractivity contribution is 5.42. The van der Waals surface area contributed by atoms with E-state index in [4.69, 9.17) is 14.6 Å². The van der Waals surface area contributed by atoms with E-state index in [9.17, 15) is 0 Å². The zero-order valence-electron chi connectivity index (χ0n) is 12.3. The Morgan fingerprint density at radius 2 is 2.00 bits per heavy atom. The van der Waals surface area contributed by atoms with Crippen LogP contribution < -0.4 is 14.8 Å². The first kappa shape index (κ1) is 15.8. The lowest BCUT2D eigenvalue weighted by atomic mass is 10.0. The van der Waals surface area contributed by atoms with Gasteiger partial charge < -0.3 is 19.9 Å². The quantitative estimate of drug-likeness (QED) is 0.760. The van der Waals surface area contributed by atoms with Gasteiger partial charge in [0.1, 0.15) is 11.5 Å². The van der Waals surface area contributed by atoms with Crippen LogP contribution in [0.4, 0.5) is 0 Å². The number of methoxy groups -OCH3 is 2. The minimum atomic E-state index is 0.140. The molecule has 2 unspecified atom stereocenters. The van der Waals surface area contributed by atoms with Crippen molar-refractivity contribution in [2.24, 2.45) is 0 Å². The van der Waals surface area contributed by atoms with E-state index in [2.05, 4.69) is 19.2 Å². The Morgan fingerprint density at radius 1 is 1.26 bits per heavy atom. The third-order valence-electron chi connectivity index (χ3n) is 3.36. The molecular weight excluding hydrogens is 242 g/mol. The average molecular weight is 267 g/mol. The lowest BCUT2D eigenvalue weighted by molar-refractivity contribution is 0.256. The molecule has 0 saturated heterocycles. The number of aliphatic hydroxyl groups is 1. The third kappa shape index (κ3) is 4.40. The zero-order chi connectivity index (χ0) is 14.3. The van der Waals surface area contributed by atoms with Gasteiger partial charge in [-0.1, -0.05) is 6.92 Å². The van der Waals surface area contributed by atoms with Gasteiger partial charge in [-0.3, -0.25) is 0 Å². The largest absolute Gasteiger partial charge is 0.497 e. The number of hydrogen-bond donors (Lipinski definition) is 2. The van der Waals surface area contributed by atoms with Crippen molar-refractivity contribution in [2.45, 2.75) is 38.8 Å². The third-order valence-corrected chi connectivity index (χ3v) is 3.36. The molecule has 1 rings (SSSR count). The summed E-state index contributed by atoms with van der Waals surface area (Å²) in [5, 5.41) is 12.6. The van der Waals surface area contributed by atoms with Crippen molar-refractivity contribution in [1.82, 2.24) is 5.32 Å². The van der Waals surface area contributed by atoms with Gasteiger partial charge in [-0.25, -0.2) is 0 Å². The van der Waals surface area contributed by atoms with Crippen molar-refractivity contribution in [2.75, 3.05) is 20.8 Å². The van der Waals surface area contributed by atoms with E-state index in [0.29, 0.717) is 6.04 Å². The molecule has 2 N–H and O–H groups in total. The van der Waals surface area contributed by atoms with E-state index in [-0.39, 0.29) is 12.6 Å². The first-order valence-corrected chi connectivity index (χ1v) is 6.75. The first-order valence-electron chi connectivity index (χ1n) is 6.75. The molecular formula is C15H25NO3. The molecule has 4 heteroatoms. The monoisotopic (exact) mass is 267 g/mol. The first-order chi connectivity index (χ1) is 9.15. The van der Waals surface area contributed by atoms with Gasteiger partial charge in [0, 0.05) is 24.3 Å². The van der Waals surface area contributed by atoms with E-state index in [1.54, 1.807) is 14.2 Å².